The summed E-state index contributed by atoms with van der Waals surface area (Å²) in [4.78, 5) is 17.7. The van der Waals surface area contributed by atoms with Gasteiger partial charge in [0.2, 0.25) is 10.0 Å². The number of nitriles is 1. The number of carbonyl (C=O) groups is 1. The Bertz CT molecular complexity index is 1670. The van der Waals surface area contributed by atoms with Crippen LogP contribution in [0.4, 0.5) is 0 Å². The van der Waals surface area contributed by atoms with Gasteiger partial charge in [-0.3, -0.25) is 9.78 Å². The van der Waals surface area contributed by atoms with Crippen molar-refractivity contribution < 1.29 is 13.2 Å². The van der Waals surface area contributed by atoms with E-state index >= 15 is 0 Å². The normalized spacial score (nSPS) is 16.6. The van der Waals surface area contributed by atoms with Crippen LogP contribution < -0.4 is 5.32 Å². The molecule has 7 nitrogen and oxygen atoms in total. The molecule has 1 heterocycles. The highest BCUT2D eigenvalue weighted by Gasteiger charge is 2.54. The molecular formula is C32H28N4O3S. The van der Waals surface area contributed by atoms with Crippen molar-refractivity contribution in [3.63, 3.8) is 0 Å². The second-order valence-electron chi connectivity index (χ2n) is 10.5. The topological polar surface area (TPSA) is 103 Å². The second kappa shape index (κ2) is 10.0. The average Bonchev–Trinajstić information content (AvgIpc) is 3.94. The molecule has 1 amide bonds. The molecule has 0 spiro atoms. The zero-order chi connectivity index (χ0) is 27.8. The molecular weight excluding hydrogens is 520 g/mol. The van der Waals surface area contributed by atoms with E-state index in [-0.39, 0.29) is 22.9 Å². The Kier molecular flexibility index (Phi) is 6.49. The summed E-state index contributed by atoms with van der Waals surface area (Å²) in [6.07, 6.45) is 4.76. The van der Waals surface area contributed by atoms with Crippen LogP contribution in [0.25, 0.3) is 0 Å². The molecule has 2 aliphatic rings. The van der Waals surface area contributed by atoms with E-state index in [4.69, 9.17) is 5.26 Å². The standard InChI is InChI=1S/C32H28N4O3S/c33-22-24-9-15-29(16-10-24)40(38,39)36(23-28-8-4-5-21-34-28)32(19-20-32)27-13-11-25(12-14-27)30(37)35-31(17-18-31)26-6-2-1-3-7-26/h1-16,21H,17-20,23H2,(H,35,37). The van der Waals surface area contributed by atoms with Gasteiger partial charge in [-0.25, -0.2) is 8.42 Å². The molecule has 1 N–H and O–H groups in total. The largest absolute Gasteiger partial charge is 0.343 e. The summed E-state index contributed by atoms with van der Waals surface area (Å²) >= 11 is 0. The van der Waals surface area contributed by atoms with Crippen LogP contribution in [0.3, 0.4) is 0 Å². The van der Waals surface area contributed by atoms with Gasteiger partial charge < -0.3 is 5.32 Å². The predicted octanol–water partition coefficient (Wildman–Crippen LogP) is 5.25. The summed E-state index contributed by atoms with van der Waals surface area (Å²) in [6, 6.07) is 30.7. The molecule has 4 aromatic rings. The van der Waals surface area contributed by atoms with Gasteiger partial charge in [-0.05, 0) is 85.3 Å². The van der Waals surface area contributed by atoms with Crippen molar-refractivity contribution in [3.8, 4) is 6.07 Å². The van der Waals surface area contributed by atoms with Gasteiger partial charge in [-0.2, -0.15) is 9.57 Å². The van der Waals surface area contributed by atoms with E-state index in [1.165, 1.54) is 28.6 Å². The van der Waals surface area contributed by atoms with E-state index in [9.17, 15) is 13.2 Å². The monoisotopic (exact) mass is 548 g/mol. The van der Waals surface area contributed by atoms with E-state index in [2.05, 4.69) is 10.3 Å². The van der Waals surface area contributed by atoms with Crippen LogP contribution in [0.5, 0.6) is 0 Å². The number of sulfonamides is 1. The van der Waals surface area contributed by atoms with Crippen molar-refractivity contribution in [2.24, 2.45) is 0 Å². The van der Waals surface area contributed by atoms with Crippen LogP contribution >= 0.6 is 0 Å². The molecule has 1 aromatic heterocycles. The number of nitrogens with one attached hydrogen (secondary N) is 1. The van der Waals surface area contributed by atoms with E-state index in [0.29, 0.717) is 29.7 Å². The number of aromatic nitrogens is 1. The minimum atomic E-state index is -3.94. The van der Waals surface area contributed by atoms with Gasteiger partial charge >= 0.3 is 0 Å². The SMILES string of the molecule is N#Cc1ccc(S(=O)(=O)N(Cc2ccccn2)C2(c3ccc(C(=O)NC4(c5ccccc5)CC4)cc3)CC2)cc1. The molecule has 200 valence electrons. The molecule has 0 radical (unpaired) electrons. The molecule has 0 saturated heterocycles. The number of benzene rings is 3. The summed E-state index contributed by atoms with van der Waals surface area (Å²) in [5.41, 5.74) is 2.44. The first-order valence-electron chi connectivity index (χ1n) is 13.3. The van der Waals surface area contributed by atoms with Crippen molar-refractivity contribution >= 4 is 15.9 Å². The summed E-state index contributed by atoms with van der Waals surface area (Å²) in [6.45, 7) is 0.102. The molecule has 2 aliphatic carbocycles. The fourth-order valence-electron chi connectivity index (χ4n) is 5.32. The summed E-state index contributed by atoms with van der Waals surface area (Å²) in [5, 5.41) is 12.4. The summed E-state index contributed by atoms with van der Waals surface area (Å²) < 4.78 is 29.6. The lowest BCUT2D eigenvalue weighted by Crippen LogP contribution is -2.40. The first-order valence-corrected chi connectivity index (χ1v) is 14.7. The zero-order valence-electron chi connectivity index (χ0n) is 21.8. The number of rotatable bonds is 9. The average molecular weight is 549 g/mol. The van der Waals surface area contributed by atoms with Crippen LogP contribution in [0.1, 0.15) is 58.4 Å². The van der Waals surface area contributed by atoms with Gasteiger partial charge in [0, 0.05) is 11.8 Å². The number of hydrogen-bond acceptors (Lipinski definition) is 5. The minimum absolute atomic E-state index is 0.102. The zero-order valence-corrected chi connectivity index (χ0v) is 22.6. The molecule has 40 heavy (non-hydrogen) atoms. The molecule has 0 bridgehead atoms. The summed E-state index contributed by atoms with van der Waals surface area (Å²) in [7, 11) is -3.94. The maximum Gasteiger partial charge on any atom is 0.251 e. The molecule has 0 unspecified atom stereocenters. The van der Waals surface area contributed by atoms with Gasteiger partial charge in [-0.1, -0.05) is 48.5 Å². The van der Waals surface area contributed by atoms with Crippen LogP contribution in [0, 0.1) is 11.3 Å². The third-order valence-electron chi connectivity index (χ3n) is 7.92. The van der Waals surface area contributed by atoms with Crippen LogP contribution in [0.2, 0.25) is 0 Å². The summed E-state index contributed by atoms with van der Waals surface area (Å²) in [5.74, 6) is -0.145. The molecule has 2 saturated carbocycles. The quantitative estimate of drug-likeness (QED) is 0.308. The Hall–Kier alpha value is -4.32. The fourth-order valence-corrected chi connectivity index (χ4v) is 7.11. The lowest BCUT2D eigenvalue weighted by molar-refractivity contribution is 0.0930. The molecule has 3 aromatic carbocycles. The molecule has 8 heteroatoms. The van der Waals surface area contributed by atoms with Crippen LogP contribution in [-0.4, -0.2) is 23.6 Å². The van der Waals surface area contributed by atoms with Crippen molar-refractivity contribution in [3.05, 3.63) is 131 Å². The van der Waals surface area contributed by atoms with Crippen molar-refractivity contribution in [2.45, 2.75) is 48.2 Å². The maximum atomic E-state index is 14.0. The van der Waals surface area contributed by atoms with Gasteiger partial charge in [0.05, 0.1) is 39.8 Å². The highest BCUT2D eigenvalue weighted by atomic mass is 32.2. The third kappa shape index (κ3) is 4.79. The Labute approximate surface area is 234 Å². The Morgan fingerprint density at radius 2 is 1.52 bits per heavy atom. The number of nitrogens with zero attached hydrogens (tertiary/aromatic N) is 3. The number of amides is 1. The number of hydrogen-bond donors (Lipinski definition) is 1. The van der Waals surface area contributed by atoms with Gasteiger partial charge in [0.1, 0.15) is 0 Å². The van der Waals surface area contributed by atoms with Crippen LogP contribution in [-0.2, 0) is 27.6 Å². The van der Waals surface area contributed by atoms with Crippen molar-refractivity contribution in [2.75, 3.05) is 0 Å². The third-order valence-corrected chi connectivity index (χ3v) is 9.84. The Balaban J connectivity index is 1.29. The lowest BCUT2D eigenvalue weighted by atomic mass is 10.0. The Morgan fingerprint density at radius 3 is 2.10 bits per heavy atom. The molecule has 2 fully saturated rings. The minimum Gasteiger partial charge on any atom is -0.343 e. The van der Waals surface area contributed by atoms with E-state index in [1.54, 1.807) is 24.4 Å². The lowest BCUT2D eigenvalue weighted by Gasteiger charge is -2.31. The van der Waals surface area contributed by atoms with E-state index in [0.717, 1.165) is 24.0 Å². The Morgan fingerprint density at radius 1 is 0.850 bits per heavy atom. The first-order chi connectivity index (χ1) is 19.4. The van der Waals surface area contributed by atoms with Crippen LogP contribution in [0.15, 0.2) is 108 Å². The smallest absolute Gasteiger partial charge is 0.251 e. The maximum absolute atomic E-state index is 14.0. The van der Waals surface area contributed by atoms with Crippen molar-refractivity contribution in [1.29, 1.82) is 5.26 Å². The second-order valence-corrected chi connectivity index (χ2v) is 12.3. The fraction of sp³-hybridized carbons (Fsp3) is 0.219. The predicted molar refractivity (Wildman–Crippen MR) is 150 cm³/mol. The highest BCUT2D eigenvalue weighted by Crippen LogP contribution is 2.53. The first kappa shape index (κ1) is 25.9. The number of pyridine rings is 1. The van der Waals surface area contributed by atoms with E-state index in [1.807, 2.05) is 60.7 Å². The molecule has 0 atom stereocenters. The van der Waals surface area contributed by atoms with Gasteiger partial charge in [0.25, 0.3) is 5.91 Å². The van der Waals surface area contributed by atoms with E-state index < -0.39 is 15.6 Å². The molecule has 0 aliphatic heterocycles. The highest BCUT2D eigenvalue weighted by molar-refractivity contribution is 7.89. The number of carbonyl (C=O) groups excluding carboxylic acids is 1. The van der Waals surface area contributed by atoms with Gasteiger partial charge in [0.15, 0.2) is 0 Å². The van der Waals surface area contributed by atoms with Crippen molar-refractivity contribution in [1.82, 2.24) is 14.6 Å². The van der Waals surface area contributed by atoms with Gasteiger partial charge in [-0.15, -0.1) is 0 Å². The molecule has 6 rings (SSSR count).